The molecular weight excluding hydrogens is 252 g/mol. The van der Waals surface area contributed by atoms with Crippen molar-refractivity contribution in [3.05, 3.63) is 24.3 Å². The number of ether oxygens (including phenoxy) is 1. The third kappa shape index (κ3) is 4.12. The Hall–Kier alpha value is -1.26. The van der Waals surface area contributed by atoms with Gasteiger partial charge in [-0.3, -0.25) is 0 Å². The van der Waals surface area contributed by atoms with Crippen LogP contribution in [0.15, 0.2) is 24.3 Å². The maximum Gasteiger partial charge on any atom is 0.142 e. The minimum Gasteiger partial charge on any atom is -0.491 e. The van der Waals surface area contributed by atoms with Crippen molar-refractivity contribution < 1.29 is 9.84 Å². The first-order chi connectivity index (χ1) is 9.62. The van der Waals surface area contributed by atoms with Crippen molar-refractivity contribution in [2.75, 3.05) is 31.1 Å². The van der Waals surface area contributed by atoms with E-state index in [2.05, 4.69) is 17.0 Å². The highest BCUT2D eigenvalue weighted by molar-refractivity contribution is 5.58. The SMILES string of the molecule is CC(O)(CN)CCCCN1CCCOc2ccccc21. The molecule has 20 heavy (non-hydrogen) atoms. The fourth-order valence-corrected chi connectivity index (χ4v) is 2.54. The van der Waals surface area contributed by atoms with Crippen LogP contribution in [0.4, 0.5) is 5.69 Å². The predicted molar refractivity (Wildman–Crippen MR) is 82.3 cm³/mol. The van der Waals surface area contributed by atoms with Crippen LogP contribution in [-0.4, -0.2) is 36.9 Å². The molecule has 1 unspecified atom stereocenters. The van der Waals surface area contributed by atoms with E-state index in [0.29, 0.717) is 6.54 Å². The van der Waals surface area contributed by atoms with Crippen molar-refractivity contribution in [3.8, 4) is 5.75 Å². The summed E-state index contributed by atoms with van der Waals surface area (Å²) < 4.78 is 5.76. The van der Waals surface area contributed by atoms with Crippen LogP contribution in [0.5, 0.6) is 5.75 Å². The van der Waals surface area contributed by atoms with Crippen LogP contribution < -0.4 is 15.4 Å². The van der Waals surface area contributed by atoms with Gasteiger partial charge in [-0.05, 0) is 44.7 Å². The second kappa shape index (κ2) is 6.95. The predicted octanol–water partition coefficient (Wildman–Crippen LogP) is 2.16. The van der Waals surface area contributed by atoms with E-state index in [-0.39, 0.29) is 0 Å². The van der Waals surface area contributed by atoms with Crippen LogP contribution in [0.1, 0.15) is 32.6 Å². The molecule has 3 N–H and O–H groups in total. The van der Waals surface area contributed by atoms with E-state index in [4.69, 9.17) is 10.5 Å². The van der Waals surface area contributed by atoms with Crippen LogP contribution in [0.3, 0.4) is 0 Å². The molecule has 1 aliphatic heterocycles. The molecular formula is C16H26N2O2. The normalized spacial score (nSPS) is 17.9. The zero-order valence-corrected chi connectivity index (χ0v) is 12.3. The van der Waals surface area contributed by atoms with Crippen molar-refractivity contribution in [1.29, 1.82) is 0 Å². The molecule has 0 saturated carbocycles. The Morgan fingerprint density at radius 2 is 2.15 bits per heavy atom. The maximum atomic E-state index is 9.90. The summed E-state index contributed by atoms with van der Waals surface area (Å²) in [5, 5.41) is 9.90. The molecule has 0 saturated heterocycles. The van der Waals surface area contributed by atoms with E-state index in [1.165, 1.54) is 5.69 Å². The van der Waals surface area contributed by atoms with Gasteiger partial charge in [-0.15, -0.1) is 0 Å². The second-order valence-electron chi connectivity index (χ2n) is 5.81. The molecule has 0 aliphatic carbocycles. The number of benzene rings is 1. The van der Waals surface area contributed by atoms with E-state index in [0.717, 1.165) is 51.1 Å². The molecule has 0 spiro atoms. The molecule has 1 atom stereocenters. The Bertz CT molecular complexity index is 421. The van der Waals surface area contributed by atoms with Gasteiger partial charge in [0, 0.05) is 19.6 Å². The zero-order valence-electron chi connectivity index (χ0n) is 12.3. The fourth-order valence-electron chi connectivity index (χ4n) is 2.54. The number of unbranched alkanes of at least 4 members (excludes halogenated alkanes) is 1. The summed E-state index contributed by atoms with van der Waals surface area (Å²) in [6, 6.07) is 8.23. The molecule has 1 heterocycles. The van der Waals surface area contributed by atoms with Gasteiger partial charge in [-0.25, -0.2) is 0 Å². The molecule has 0 amide bonds. The van der Waals surface area contributed by atoms with Crippen LogP contribution in [0.25, 0.3) is 0 Å². The molecule has 1 aliphatic rings. The second-order valence-corrected chi connectivity index (χ2v) is 5.81. The van der Waals surface area contributed by atoms with Gasteiger partial charge in [-0.2, -0.15) is 0 Å². The number of anilines is 1. The summed E-state index contributed by atoms with van der Waals surface area (Å²) in [6.07, 6.45) is 3.86. The lowest BCUT2D eigenvalue weighted by molar-refractivity contribution is 0.0574. The Balaban J connectivity index is 1.87. The lowest BCUT2D eigenvalue weighted by Gasteiger charge is -2.25. The summed E-state index contributed by atoms with van der Waals surface area (Å²) in [6.45, 7) is 4.95. The highest BCUT2D eigenvalue weighted by Gasteiger charge is 2.18. The van der Waals surface area contributed by atoms with Gasteiger partial charge in [0.05, 0.1) is 17.9 Å². The number of hydrogen-bond acceptors (Lipinski definition) is 4. The smallest absolute Gasteiger partial charge is 0.142 e. The average molecular weight is 278 g/mol. The largest absolute Gasteiger partial charge is 0.491 e. The van der Waals surface area contributed by atoms with Gasteiger partial charge in [0.1, 0.15) is 5.75 Å². The van der Waals surface area contributed by atoms with Gasteiger partial charge < -0.3 is 20.5 Å². The molecule has 112 valence electrons. The number of aliphatic hydroxyl groups is 1. The first-order valence-corrected chi connectivity index (χ1v) is 7.52. The van der Waals surface area contributed by atoms with Gasteiger partial charge in [0.15, 0.2) is 0 Å². The minimum absolute atomic E-state index is 0.327. The summed E-state index contributed by atoms with van der Waals surface area (Å²) in [7, 11) is 0. The van der Waals surface area contributed by atoms with Crippen LogP contribution in [0.2, 0.25) is 0 Å². The third-order valence-corrected chi connectivity index (χ3v) is 3.87. The first kappa shape index (κ1) is 15.1. The van der Waals surface area contributed by atoms with Crippen molar-refractivity contribution in [2.45, 2.75) is 38.2 Å². The van der Waals surface area contributed by atoms with E-state index in [1.807, 2.05) is 19.1 Å². The molecule has 2 rings (SSSR count). The first-order valence-electron chi connectivity index (χ1n) is 7.52. The molecule has 4 heteroatoms. The maximum absolute atomic E-state index is 9.90. The van der Waals surface area contributed by atoms with E-state index < -0.39 is 5.60 Å². The van der Waals surface area contributed by atoms with Crippen molar-refractivity contribution in [3.63, 3.8) is 0 Å². The zero-order chi connectivity index (χ0) is 14.4. The highest BCUT2D eigenvalue weighted by Crippen LogP contribution is 2.30. The minimum atomic E-state index is -0.722. The molecule has 1 aromatic carbocycles. The number of para-hydroxylation sites is 2. The lowest BCUT2D eigenvalue weighted by atomic mass is 9.99. The Morgan fingerprint density at radius 3 is 2.95 bits per heavy atom. The number of nitrogens with two attached hydrogens (primary N) is 1. The average Bonchev–Trinajstić information content (AvgIpc) is 2.66. The summed E-state index contributed by atoms with van der Waals surface area (Å²) in [5.41, 5.74) is 6.01. The third-order valence-electron chi connectivity index (χ3n) is 3.87. The lowest BCUT2D eigenvalue weighted by Crippen LogP contribution is -2.34. The van der Waals surface area contributed by atoms with Crippen LogP contribution in [0, 0.1) is 0 Å². The number of nitrogens with zero attached hydrogens (tertiary/aromatic N) is 1. The topological polar surface area (TPSA) is 58.7 Å². The summed E-state index contributed by atoms with van der Waals surface area (Å²) in [4.78, 5) is 2.39. The Morgan fingerprint density at radius 1 is 1.35 bits per heavy atom. The van der Waals surface area contributed by atoms with E-state index in [9.17, 15) is 5.11 Å². The molecule has 1 aromatic rings. The van der Waals surface area contributed by atoms with Gasteiger partial charge in [0.2, 0.25) is 0 Å². The van der Waals surface area contributed by atoms with E-state index in [1.54, 1.807) is 0 Å². The fraction of sp³-hybridized carbons (Fsp3) is 0.625. The molecule has 0 radical (unpaired) electrons. The van der Waals surface area contributed by atoms with Crippen molar-refractivity contribution >= 4 is 5.69 Å². The number of hydrogen-bond donors (Lipinski definition) is 2. The summed E-state index contributed by atoms with van der Waals surface area (Å²) in [5.74, 6) is 0.985. The number of rotatable bonds is 6. The molecule has 0 bridgehead atoms. The quantitative estimate of drug-likeness (QED) is 0.783. The van der Waals surface area contributed by atoms with Crippen LogP contribution >= 0.6 is 0 Å². The van der Waals surface area contributed by atoms with Gasteiger partial charge in [-0.1, -0.05) is 12.1 Å². The van der Waals surface area contributed by atoms with E-state index >= 15 is 0 Å². The Labute approximate surface area is 121 Å². The monoisotopic (exact) mass is 278 g/mol. The standard InChI is InChI=1S/C16H26N2O2/c1-16(19,13-17)9-4-5-10-18-11-6-12-20-15-8-3-2-7-14(15)18/h2-3,7-8,19H,4-6,9-13,17H2,1H3. The molecule has 0 aromatic heterocycles. The van der Waals surface area contributed by atoms with Crippen molar-refractivity contribution in [1.82, 2.24) is 0 Å². The molecule has 0 fully saturated rings. The highest BCUT2D eigenvalue weighted by atomic mass is 16.5. The Kier molecular flexibility index (Phi) is 5.26. The van der Waals surface area contributed by atoms with Gasteiger partial charge >= 0.3 is 0 Å². The molecule has 4 nitrogen and oxygen atoms in total. The number of fused-ring (bicyclic) bond motifs is 1. The van der Waals surface area contributed by atoms with Crippen LogP contribution in [-0.2, 0) is 0 Å². The van der Waals surface area contributed by atoms with Crippen molar-refractivity contribution in [2.24, 2.45) is 5.73 Å². The van der Waals surface area contributed by atoms with Gasteiger partial charge in [0.25, 0.3) is 0 Å². The summed E-state index contributed by atoms with van der Waals surface area (Å²) >= 11 is 0.